The predicted molar refractivity (Wildman–Crippen MR) is 164 cm³/mol. The van der Waals surface area contributed by atoms with Crippen LogP contribution in [0.1, 0.15) is 41.1 Å². The van der Waals surface area contributed by atoms with Gasteiger partial charge in [0.05, 0.1) is 27.6 Å². The molecule has 0 aliphatic carbocycles. The molecule has 0 spiro atoms. The van der Waals surface area contributed by atoms with Crippen molar-refractivity contribution in [3.8, 4) is 0 Å². The largest absolute Gasteiger partial charge is 0.375 e. The number of benzene rings is 4. The normalized spacial score (nSPS) is 24.8. The van der Waals surface area contributed by atoms with Crippen LogP contribution in [0.3, 0.4) is 0 Å². The van der Waals surface area contributed by atoms with Crippen LogP contribution in [0.2, 0.25) is 0 Å². The Hall–Kier alpha value is -4.17. The smallest absolute Gasteiger partial charge is 0.252 e. The molecule has 4 atom stereocenters. The maximum absolute atomic E-state index is 13.5. The molecule has 0 radical (unpaired) electrons. The quantitative estimate of drug-likeness (QED) is 0.278. The number of methoxy groups -OCH3 is 1. The fourth-order valence-electron chi connectivity index (χ4n) is 8.43. The lowest BCUT2D eigenvalue weighted by Gasteiger charge is -2.50. The van der Waals surface area contributed by atoms with Crippen LogP contribution in [-0.2, 0) is 28.3 Å². The van der Waals surface area contributed by atoms with Gasteiger partial charge in [0.25, 0.3) is 5.91 Å². The van der Waals surface area contributed by atoms with Gasteiger partial charge in [0, 0.05) is 54.2 Å². The first kappa shape index (κ1) is 24.4. The standard InChI is InChI=1S/C35H32N4O3/c1-35-33(41-3)26(37(2)19-20-11-5-4-6-12-20)17-27(42-35)38-24-15-9-7-13-21(24)29-30-23(18-36-34(30)40)28-22-14-8-10-16-25(22)39(35)32(28)31(29)38/h4-16,26-27,33H,17-19H2,1-3H3,(H,36,40)/t26-,27-,33-,35+/m1/s1. The molecule has 5 heterocycles. The van der Waals surface area contributed by atoms with Gasteiger partial charge in [-0.05, 0) is 37.2 Å². The molecule has 0 saturated carbocycles. The first-order chi connectivity index (χ1) is 20.5. The minimum atomic E-state index is -0.814. The van der Waals surface area contributed by atoms with Crippen LogP contribution in [0, 0.1) is 0 Å². The van der Waals surface area contributed by atoms with E-state index in [-0.39, 0.29) is 24.3 Å². The number of hydrogen-bond acceptors (Lipinski definition) is 4. The summed E-state index contributed by atoms with van der Waals surface area (Å²) in [7, 11) is 4.01. The van der Waals surface area contributed by atoms with Crippen LogP contribution in [0.4, 0.5) is 0 Å². The molecule has 1 amide bonds. The number of amides is 1. The van der Waals surface area contributed by atoms with E-state index in [9.17, 15) is 4.79 Å². The average Bonchev–Trinajstić information content (AvgIpc) is 3.65. The first-order valence-electron chi connectivity index (χ1n) is 14.8. The minimum absolute atomic E-state index is 0.00113. The molecule has 42 heavy (non-hydrogen) atoms. The number of fused-ring (bicyclic) bond motifs is 13. The lowest BCUT2D eigenvalue weighted by atomic mass is 9.91. The number of rotatable bonds is 4. The van der Waals surface area contributed by atoms with Crippen LogP contribution < -0.4 is 5.32 Å². The van der Waals surface area contributed by atoms with Gasteiger partial charge in [-0.15, -0.1) is 0 Å². The van der Waals surface area contributed by atoms with Crippen molar-refractivity contribution in [2.24, 2.45) is 0 Å². The summed E-state index contributed by atoms with van der Waals surface area (Å²) in [6.07, 6.45) is 0.246. The fourth-order valence-corrected chi connectivity index (χ4v) is 8.43. The zero-order chi connectivity index (χ0) is 28.3. The molecule has 6 aromatic rings. The number of ether oxygens (including phenoxy) is 2. The lowest BCUT2D eigenvalue weighted by Crippen LogP contribution is -2.60. The van der Waals surface area contributed by atoms with E-state index in [2.05, 4.69) is 112 Å². The number of para-hydroxylation sites is 2. The van der Waals surface area contributed by atoms with Crippen molar-refractivity contribution in [3.63, 3.8) is 0 Å². The molecule has 2 aromatic heterocycles. The highest BCUT2D eigenvalue weighted by atomic mass is 16.6. The number of nitrogens with zero attached hydrogens (tertiary/aromatic N) is 3. The van der Waals surface area contributed by atoms with E-state index < -0.39 is 5.72 Å². The highest BCUT2D eigenvalue weighted by Crippen LogP contribution is 2.54. The molecule has 4 aromatic carbocycles. The van der Waals surface area contributed by atoms with E-state index in [1.807, 2.05) is 7.11 Å². The summed E-state index contributed by atoms with van der Waals surface area (Å²) in [6, 6.07) is 27.7. The second-order valence-corrected chi connectivity index (χ2v) is 12.2. The van der Waals surface area contributed by atoms with Crippen molar-refractivity contribution in [3.05, 3.63) is 95.6 Å². The highest BCUT2D eigenvalue weighted by molar-refractivity contribution is 6.31. The third-order valence-electron chi connectivity index (χ3n) is 10.0. The molecule has 210 valence electrons. The van der Waals surface area contributed by atoms with E-state index in [0.29, 0.717) is 6.54 Å². The highest BCUT2D eigenvalue weighted by Gasteiger charge is 2.54. The van der Waals surface area contributed by atoms with E-state index >= 15 is 0 Å². The van der Waals surface area contributed by atoms with Crippen LogP contribution in [0.15, 0.2) is 78.9 Å². The van der Waals surface area contributed by atoms with Crippen LogP contribution >= 0.6 is 0 Å². The number of aromatic nitrogens is 2. The van der Waals surface area contributed by atoms with E-state index in [0.717, 1.165) is 67.7 Å². The summed E-state index contributed by atoms with van der Waals surface area (Å²) in [5.41, 5.74) is 6.71. The Bertz CT molecular complexity index is 2090. The second kappa shape index (κ2) is 8.44. The van der Waals surface area contributed by atoms with Gasteiger partial charge in [-0.25, -0.2) is 0 Å². The number of likely N-dealkylation sites (N-methyl/N-ethyl adjacent to an activating group) is 1. The predicted octanol–water partition coefficient (Wildman–Crippen LogP) is 6.27. The number of carbonyl (C=O) groups excluding carboxylic acids is 1. The van der Waals surface area contributed by atoms with Gasteiger partial charge >= 0.3 is 0 Å². The van der Waals surface area contributed by atoms with Crippen LogP contribution in [-0.4, -0.2) is 46.2 Å². The number of carbonyl (C=O) groups is 1. The van der Waals surface area contributed by atoms with Crippen LogP contribution in [0.25, 0.3) is 43.6 Å². The van der Waals surface area contributed by atoms with Crippen molar-refractivity contribution < 1.29 is 14.3 Å². The third kappa shape index (κ3) is 2.93. The van der Waals surface area contributed by atoms with Gasteiger partial charge in [0.2, 0.25) is 0 Å². The molecule has 1 saturated heterocycles. The molecule has 7 heteroatoms. The topological polar surface area (TPSA) is 60.7 Å². The fraction of sp³-hybridized carbons (Fsp3) is 0.286. The molecular weight excluding hydrogens is 524 g/mol. The third-order valence-corrected chi connectivity index (χ3v) is 10.0. The van der Waals surface area contributed by atoms with Crippen molar-refractivity contribution in [2.75, 3.05) is 14.2 Å². The summed E-state index contributed by atoms with van der Waals surface area (Å²) in [5, 5.41) is 7.55. The Morgan fingerprint density at radius 3 is 2.40 bits per heavy atom. The number of nitrogens with one attached hydrogen (secondary N) is 1. The van der Waals surface area contributed by atoms with Gasteiger partial charge in [-0.2, -0.15) is 0 Å². The SMILES string of the molecule is CO[C@@H]1[C@H](N(C)Cc2ccccc2)C[C@H]2O[C@]1(C)n1c3ccccc3c3c4c(c5c6ccccc6n2c5c31)C(=O)NC4. The Labute approximate surface area is 243 Å². The Morgan fingerprint density at radius 2 is 1.64 bits per heavy atom. The maximum atomic E-state index is 13.5. The molecule has 3 aliphatic rings. The Morgan fingerprint density at radius 1 is 0.952 bits per heavy atom. The van der Waals surface area contributed by atoms with Gasteiger partial charge in [-0.1, -0.05) is 66.7 Å². The lowest BCUT2D eigenvalue weighted by molar-refractivity contribution is -0.268. The zero-order valence-electron chi connectivity index (χ0n) is 23.9. The summed E-state index contributed by atoms with van der Waals surface area (Å²) in [5.74, 6) is 0.00113. The summed E-state index contributed by atoms with van der Waals surface area (Å²) < 4.78 is 18.5. The molecule has 7 nitrogen and oxygen atoms in total. The molecule has 3 aliphatic heterocycles. The molecular formula is C35H32N4O3. The minimum Gasteiger partial charge on any atom is -0.375 e. The Kier molecular flexibility index (Phi) is 4.91. The van der Waals surface area contributed by atoms with Gasteiger partial charge in [-0.3, -0.25) is 9.69 Å². The molecule has 2 bridgehead atoms. The van der Waals surface area contributed by atoms with Gasteiger partial charge in [0.15, 0.2) is 5.72 Å². The molecule has 9 rings (SSSR count). The summed E-state index contributed by atoms with van der Waals surface area (Å²) in [6.45, 7) is 3.52. The van der Waals surface area contributed by atoms with Gasteiger partial charge in [0.1, 0.15) is 12.3 Å². The Balaban J connectivity index is 1.42. The molecule has 1 fully saturated rings. The van der Waals surface area contributed by atoms with Crippen molar-refractivity contribution in [1.29, 1.82) is 0 Å². The summed E-state index contributed by atoms with van der Waals surface area (Å²) in [4.78, 5) is 16.0. The van der Waals surface area contributed by atoms with Crippen molar-refractivity contribution >= 4 is 49.5 Å². The van der Waals surface area contributed by atoms with Crippen molar-refractivity contribution in [2.45, 2.75) is 50.5 Å². The van der Waals surface area contributed by atoms with Crippen LogP contribution in [0.5, 0.6) is 0 Å². The number of hydrogen-bond donors (Lipinski definition) is 1. The monoisotopic (exact) mass is 556 g/mol. The molecule has 1 N–H and O–H groups in total. The molecule has 0 unspecified atom stereocenters. The van der Waals surface area contributed by atoms with Gasteiger partial charge < -0.3 is 23.9 Å². The van der Waals surface area contributed by atoms with E-state index in [1.165, 1.54) is 5.56 Å². The van der Waals surface area contributed by atoms with Crippen molar-refractivity contribution in [1.82, 2.24) is 19.4 Å². The summed E-state index contributed by atoms with van der Waals surface area (Å²) >= 11 is 0. The van der Waals surface area contributed by atoms with E-state index in [1.54, 1.807) is 0 Å². The second-order valence-electron chi connectivity index (χ2n) is 12.2. The van der Waals surface area contributed by atoms with E-state index in [4.69, 9.17) is 9.47 Å². The zero-order valence-corrected chi connectivity index (χ0v) is 23.9. The first-order valence-corrected chi connectivity index (χ1v) is 14.8. The maximum Gasteiger partial charge on any atom is 0.252 e. The average molecular weight is 557 g/mol.